The first kappa shape index (κ1) is 15.0. The third-order valence-corrected chi connectivity index (χ3v) is 3.02. The van der Waals surface area contributed by atoms with E-state index < -0.39 is 4.92 Å². The quantitative estimate of drug-likeness (QED) is 0.621. The van der Waals surface area contributed by atoms with Gasteiger partial charge in [0, 0.05) is 23.9 Å². The second kappa shape index (κ2) is 5.95. The van der Waals surface area contributed by atoms with Gasteiger partial charge in [-0.1, -0.05) is 23.2 Å². The van der Waals surface area contributed by atoms with E-state index in [-0.39, 0.29) is 27.4 Å². The number of nitriles is 1. The maximum atomic E-state index is 10.7. The maximum absolute atomic E-state index is 10.7. The Kier molecular flexibility index (Phi) is 4.26. The molecule has 0 saturated carbocycles. The highest BCUT2D eigenvalue weighted by Crippen LogP contribution is 2.39. The Labute approximate surface area is 129 Å². The fourth-order valence-electron chi connectivity index (χ4n) is 1.61. The van der Waals surface area contributed by atoms with Crippen molar-refractivity contribution in [3.05, 3.63) is 55.7 Å². The van der Waals surface area contributed by atoms with Crippen LogP contribution in [0.3, 0.4) is 0 Å². The molecule has 0 N–H and O–H groups in total. The van der Waals surface area contributed by atoms with Crippen molar-refractivity contribution in [3.8, 4) is 17.7 Å². The summed E-state index contributed by atoms with van der Waals surface area (Å²) in [5.74, 6) is 0.176. The molecule has 6 nitrogen and oxygen atoms in total. The van der Waals surface area contributed by atoms with Gasteiger partial charge in [0.25, 0.3) is 5.69 Å². The number of ether oxygens (including phenoxy) is 1. The van der Waals surface area contributed by atoms with Crippen molar-refractivity contribution in [3.63, 3.8) is 0 Å². The van der Waals surface area contributed by atoms with Gasteiger partial charge in [-0.05, 0) is 13.0 Å². The molecule has 8 heteroatoms. The number of pyridine rings is 1. The number of aromatic nitrogens is 1. The van der Waals surface area contributed by atoms with Gasteiger partial charge in [-0.2, -0.15) is 5.26 Å². The number of hydrogen-bond acceptors (Lipinski definition) is 5. The summed E-state index contributed by atoms with van der Waals surface area (Å²) in [5, 5.41) is 19.6. The summed E-state index contributed by atoms with van der Waals surface area (Å²) in [6.07, 6.45) is 0. The Morgan fingerprint density at radius 3 is 2.43 bits per heavy atom. The first-order valence-electron chi connectivity index (χ1n) is 5.61. The number of non-ortho nitro benzene ring substituents is 1. The average Bonchev–Trinajstić information content (AvgIpc) is 2.41. The van der Waals surface area contributed by atoms with Gasteiger partial charge in [-0.25, -0.2) is 4.98 Å². The van der Waals surface area contributed by atoms with Crippen molar-refractivity contribution in [2.24, 2.45) is 0 Å². The van der Waals surface area contributed by atoms with Gasteiger partial charge in [-0.3, -0.25) is 10.1 Å². The molecule has 0 saturated heterocycles. The van der Waals surface area contributed by atoms with Crippen LogP contribution in [0.25, 0.3) is 0 Å². The van der Waals surface area contributed by atoms with E-state index in [2.05, 4.69) is 4.98 Å². The Balaban J connectivity index is 2.43. The van der Waals surface area contributed by atoms with Crippen molar-refractivity contribution < 1.29 is 9.66 Å². The van der Waals surface area contributed by atoms with Gasteiger partial charge in [-0.15, -0.1) is 0 Å². The standard InChI is InChI=1S/C13H7Cl2N3O3/c1-7-2-8(6-16)3-12(17-7)21-13-10(14)4-9(18(19)20)5-11(13)15/h2-5H,1H3. The molecule has 1 aromatic carbocycles. The predicted octanol–water partition coefficient (Wildman–Crippen LogP) is 4.27. The Hall–Kier alpha value is -2.36. The number of nitrogens with zero attached hydrogens (tertiary/aromatic N) is 3. The molecule has 2 aromatic rings. The number of benzene rings is 1. The van der Waals surface area contributed by atoms with Crippen molar-refractivity contribution in [1.82, 2.24) is 4.98 Å². The van der Waals surface area contributed by atoms with Crippen molar-refractivity contribution in [2.45, 2.75) is 6.92 Å². The van der Waals surface area contributed by atoms with Gasteiger partial charge < -0.3 is 4.74 Å². The van der Waals surface area contributed by atoms with Crippen molar-refractivity contribution >= 4 is 28.9 Å². The Bertz CT molecular complexity index is 749. The molecule has 0 atom stereocenters. The van der Waals surface area contributed by atoms with Crippen LogP contribution in [-0.4, -0.2) is 9.91 Å². The highest BCUT2D eigenvalue weighted by Gasteiger charge is 2.17. The average molecular weight is 324 g/mol. The van der Waals surface area contributed by atoms with Gasteiger partial charge in [0.15, 0.2) is 5.75 Å². The molecule has 0 fully saturated rings. The fraction of sp³-hybridized carbons (Fsp3) is 0.0769. The van der Waals surface area contributed by atoms with Crippen LogP contribution in [-0.2, 0) is 0 Å². The minimum atomic E-state index is -0.611. The predicted molar refractivity (Wildman–Crippen MR) is 76.9 cm³/mol. The summed E-state index contributed by atoms with van der Waals surface area (Å²) in [4.78, 5) is 14.2. The topological polar surface area (TPSA) is 89.0 Å². The number of halogens is 2. The zero-order valence-electron chi connectivity index (χ0n) is 10.6. The zero-order chi connectivity index (χ0) is 15.6. The molecule has 0 radical (unpaired) electrons. The molecule has 0 bridgehead atoms. The molecule has 21 heavy (non-hydrogen) atoms. The summed E-state index contributed by atoms with van der Waals surface area (Å²) in [6, 6.07) is 7.24. The van der Waals surface area contributed by atoms with Crippen LogP contribution in [0, 0.1) is 28.4 Å². The summed E-state index contributed by atoms with van der Waals surface area (Å²) in [7, 11) is 0. The van der Waals surface area contributed by atoms with Gasteiger partial charge in [0.2, 0.25) is 5.88 Å². The summed E-state index contributed by atoms with van der Waals surface area (Å²) in [6.45, 7) is 1.70. The Morgan fingerprint density at radius 1 is 1.29 bits per heavy atom. The van der Waals surface area contributed by atoms with E-state index in [1.54, 1.807) is 13.0 Å². The van der Waals surface area contributed by atoms with E-state index in [0.717, 1.165) is 12.1 Å². The van der Waals surface area contributed by atoms with Crippen molar-refractivity contribution in [1.29, 1.82) is 5.26 Å². The first-order chi connectivity index (χ1) is 9.90. The number of hydrogen-bond donors (Lipinski definition) is 0. The second-order valence-corrected chi connectivity index (χ2v) is 4.86. The third kappa shape index (κ3) is 3.40. The summed E-state index contributed by atoms with van der Waals surface area (Å²) < 4.78 is 5.45. The van der Waals surface area contributed by atoms with Crippen LogP contribution in [0.2, 0.25) is 10.0 Å². The van der Waals surface area contributed by atoms with Crippen LogP contribution in [0.1, 0.15) is 11.3 Å². The van der Waals surface area contributed by atoms with Gasteiger partial charge >= 0.3 is 0 Å². The van der Waals surface area contributed by atoms with E-state index in [1.807, 2.05) is 6.07 Å². The Morgan fingerprint density at radius 2 is 1.90 bits per heavy atom. The van der Waals surface area contributed by atoms with E-state index in [0.29, 0.717) is 11.3 Å². The highest BCUT2D eigenvalue weighted by atomic mass is 35.5. The largest absolute Gasteiger partial charge is 0.436 e. The molecule has 2 rings (SSSR count). The van der Waals surface area contributed by atoms with Gasteiger partial charge in [0.05, 0.1) is 26.6 Å². The lowest BCUT2D eigenvalue weighted by Crippen LogP contribution is -1.94. The third-order valence-electron chi connectivity index (χ3n) is 2.46. The molecule has 0 amide bonds. The maximum Gasteiger partial charge on any atom is 0.272 e. The molecular formula is C13H7Cl2N3O3. The molecule has 1 heterocycles. The molecule has 0 aliphatic carbocycles. The van der Waals surface area contributed by atoms with E-state index in [1.165, 1.54) is 6.07 Å². The molecule has 106 valence electrons. The fourth-order valence-corrected chi connectivity index (χ4v) is 2.16. The number of aryl methyl sites for hydroxylation is 1. The van der Waals surface area contributed by atoms with Crippen LogP contribution in [0.15, 0.2) is 24.3 Å². The second-order valence-electron chi connectivity index (χ2n) is 4.04. The molecule has 1 aromatic heterocycles. The number of nitro groups is 1. The molecule has 0 unspecified atom stereocenters. The van der Waals surface area contributed by atoms with Crippen LogP contribution < -0.4 is 4.74 Å². The lowest BCUT2D eigenvalue weighted by Gasteiger charge is -2.09. The first-order valence-corrected chi connectivity index (χ1v) is 6.36. The highest BCUT2D eigenvalue weighted by molar-refractivity contribution is 6.37. The minimum Gasteiger partial charge on any atom is -0.436 e. The van der Waals surface area contributed by atoms with Crippen LogP contribution >= 0.6 is 23.2 Å². The number of nitro benzene ring substituents is 1. The van der Waals surface area contributed by atoms with Crippen molar-refractivity contribution in [2.75, 3.05) is 0 Å². The monoisotopic (exact) mass is 323 g/mol. The molecule has 0 aliphatic rings. The lowest BCUT2D eigenvalue weighted by molar-refractivity contribution is -0.384. The number of rotatable bonds is 3. The molecule has 0 spiro atoms. The minimum absolute atomic E-state index is 0.0176. The SMILES string of the molecule is Cc1cc(C#N)cc(Oc2c(Cl)cc([N+](=O)[O-])cc2Cl)n1. The van der Waals surface area contributed by atoms with Crippen LogP contribution in [0.4, 0.5) is 5.69 Å². The van der Waals surface area contributed by atoms with E-state index >= 15 is 0 Å². The van der Waals surface area contributed by atoms with Crippen LogP contribution in [0.5, 0.6) is 11.6 Å². The van der Waals surface area contributed by atoms with Gasteiger partial charge in [0.1, 0.15) is 0 Å². The molecule has 0 aliphatic heterocycles. The smallest absolute Gasteiger partial charge is 0.272 e. The van der Waals surface area contributed by atoms with E-state index in [4.69, 9.17) is 33.2 Å². The summed E-state index contributed by atoms with van der Waals surface area (Å²) >= 11 is 11.9. The lowest BCUT2D eigenvalue weighted by atomic mass is 10.2. The van der Waals surface area contributed by atoms with E-state index in [9.17, 15) is 10.1 Å². The zero-order valence-corrected chi connectivity index (χ0v) is 12.1. The molecular weight excluding hydrogens is 317 g/mol. The normalized spacial score (nSPS) is 10.0. The summed E-state index contributed by atoms with van der Waals surface area (Å²) in [5.41, 5.74) is 0.706.